The topological polar surface area (TPSA) is 3.24 Å². The molecule has 1 nitrogen and oxygen atoms in total. The van der Waals surface area contributed by atoms with Crippen LogP contribution in [-0.2, 0) is 0 Å². The van der Waals surface area contributed by atoms with Crippen LogP contribution in [-0.4, -0.2) is 25.0 Å². The summed E-state index contributed by atoms with van der Waals surface area (Å²) in [5.41, 5.74) is 0. The summed E-state index contributed by atoms with van der Waals surface area (Å²) in [4.78, 5) is 2.55. The lowest BCUT2D eigenvalue weighted by atomic mass is 9.85. The van der Waals surface area contributed by atoms with Gasteiger partial charge in [0, 0.05) is 6.54 Å². The Bertz CT molecular complexity index is 155. The normalized spacial score (nSPS) is 37.6. The van der Waals surface area contributed by atoms with Crippen LogP contribution in [0.4, 0.5) is 0 Å². The number of rotatable bonds is 0. The molecular formula is C12H23N. The molecule has 0 spiro atoms. The van der Waals surface area contributed by atoms with Crippen molar-refractivity contribution in [2.75, 3.05) is 20.1 Å². The minimum atomic E-state index is 1.04. The summed E-state index contributed by atoms with van der Waals surface area (Å²) in [5.74, 6) is 2.11. The zero-order chi connectivity index (χ0) is 9.10. The number of nitrogens with zero attached hydrogens (tertiary/aromatic N) is 1. The fraction of sp³-hybridized carbons (Fsp3) is 1.00. The molecule has 1 heteroatoms. The van der Waals surface area contributed by atoms with Crippen molar-refractivity contribution in [3.05, 3.63) is 0 Å². The van der Waals surface area contributed by atoms with E-state index in [1.165, 1.54) is 58.0 Å². The van der Waals surface area contributed by atoms with Crippen molar-refractivity contribution in [2.45, 2.75) is 44.9 Å². The van der Waals surface area contributed by atoms with Gasteiger partial charge in [-0.3, -0.25) is 0 Å². The maximum atomic E-state index is 2.55. The van der Waals surface area contributed by atoms with E-state index in [0.717, 1.165) is 11.8 Å². The molecule has 2 aliphatic rings. The van der Waals surface area contributed by atoms with E-state index in [1.807, 2.05) is 0 Å². The third kappa shape index (κ3) is 2.46. The predicted molar refractivity (Wildman–Crippen MR) is 56.8 cm³/mol. The summed E-state index contributed by atoms with van der Waals surface area (Å²) in [6.07, 6.45) is 10.5. The maximum absolute atomic E-state index is 2.55. The van der Waals surface area contributed by atoms with Crippen LogP contribution < -0.4 is 0 Å². The van der Waals surface area contributed by atoms with E-state index in [-0.39, 0.29) is 0 Å². The number of hydrogen-bond acceptors (Lipinski definition) is 1. The monoisotopic (exact) mass is 181 g/mol. The standard InChI is InChI=1S/C12H23N/c1-13-9-5-8-11-6-3-2-4-7-12(11)10-13/h11-12H,2-10H2,1H3. The molecule has 2 rings (SSSR count). The van der Waals surface area contributed by atoms with E-state index < -0.39 is 0 Å². The molecule has 1 heterocycles. The smallest absolute Gasteiger partial charge is 0.000925 e. The summed E-state index contributed by atoms with van der Waals surface area (Å²) in [5, 5.41) is 0. The van der Waals surface area contributed by atoms with Gasteiger partial charge in [0.15, 0.2) is 0 Å². The Balaban J connectivity index is 1.98. The Kier molecular flexibility index (Phi) is 3.26. The largest absolute Gasteiger partial charge is 0.306 e. The molecule has 0 N–H and O–H groups in total. The minimum absolute atomic E-state index is 1.04. The molecule has 13 heavy (non-hydrogen) atoms. The zero-order valence-electron chi connectivity index (χ0n) is 8.97. The average molecular weight is 181 g/mol. The van der Waals surface area contributed by atoms with Gasteiger partial charge in [0.25, 0.3) is 0 Å². The average Bonchev–Trinajstić information content (AvgIpc) is 2.38. The molecular weight excluding hydrogens is 158 g/mol. The molecule has 0 amide bonds. The number of fused-ring (bicyclic) bond motifs is 1. The second-order valence-corrected chi connectivity index (χ2v) is 5.06. The summed E-state index contributed by atoms with van der Waals surface area (Å²) in [6.45, 7) is 2.72. The predicted octanol–water partition coefficient (Wildman–Crippen LogP) is 2.91. The van der Waals surface area contributed by atoms with Gasteiger partial charge in [0.1, 0.15) is 0 Å². The van der Waals surface area contributed by atoms with Gasteiger partial charge in [0.05, 0.1) is 0 Å². The van der Waals surface area contributed by atoms with Crippen molar-refractivity contribution in [2.24, 2.45) is 11.8 Å². The summed E-state index contributed by atoms with van der Waals surface area (Å²) >= 11 is 0. The molecule has 0 aromatic heterocycles. The molecule has 0 radical (unpaired) electrons. The first-order valence-electron chi connectivity index (χ1n) is 6.05. The van der Waals surface area contributed by atoms with Crippen molar-refractivity contribution in [1.29, 1.82) is 0 Å². The van der Waals surface area contributed by atoms with Gasteiger partial charge in [-0.15, -0.1) is 0 Å². The number of likely N-dealkylation sites (tertiary alicyclic amines) is 1. The molecule has 1 saturated heterocycles. The lowest BCUT2D eigenvalue weighted by Crippen LogP contribution is -2.26. The summed E-state index contributed by atoms with van der Waals surface area (Å²) in [6, 6.07) is 0. The van der Waals surface area contributed by atoms with Gasteiger partial charge in [-0.05, 0) is 44.7 Å². The van der Waals surface area contributed by atoms with E-state index in [4.69, 9.17) is 0 Å². The van der Waals surface area contributed by atoms with Gasteiger partial charge < -0.3 is 4.90 Å². The first kappa shape index (κ1) is 9.51. The molecule has 1 aliphatic heterocycles. The molecule has 2 unspecified atom stereocenters. The fourth-order valence-corrected chi connectivity index (χ4v) is 3.20. The fourth-order valence-electron chi connectivity index (χ4n) is 3.20. The van der Waals surface area contributed by atoms with Gasteiger partial charge in [-0.25, -0.2) is 0 Å². The van der Waals surface area contributed by atoms with Gasteiger partial charge in [-0.2, -0.15) is 0 Å². The highest BCUT2D eigenvalue weighted by Gasteiger charge is 2.26. The number of hydrogen-bond donors (Lipinski definition) is 0. The Morgan fingerprint density at radius 1 is 0.846 bits per heavy atom. The molecule has 2 atom stereocenters. The molecule has 1 saturated carbocycles. The van der Waals surface area contributed by atoms with Gasteiger partial charge in [-0.1, -0.05) is 25.7 Å². The second-order valence-electron chi connectivity index (χ2n) is 5.06. The highest BCUT2D eigenvalue weighted by atomic mass is 15.1. The molecule has 0 bridgehead atoms. The van der Waals surface area contributed by atoms with Crippen LogP contribution in [0.3, 0.4) is 0 Å². The highest BCUT2D eigenvalue weighted by Crippen LogP contribution is 2.34. The van der Waals surface area contributed by atoms with E-state index in [9.17, 15) is 0 Å². The van der Waals surface area contributed by atoms with E-state index >= 15 is 0 Å². The van der Waals surface area contributed by atoms with Crippen LogP contribution in [0.15, 0.2) is 0 Å². The van der Waals surface area contributed by atoms with Crippen molar-refractivity contribution < 1.29 is 0 Å². The first-order valence-corrected chi connectivity index (χ1v) is 6.05. The lowest BCUT2D eigenvalue weighted by molar-refractivity contribution is 0.246. The van der Waals surface area contributed by atoms with Gasteiger partial charge >= 0.3 is 0 Å². The Labute approximate surface area is 82.5 Å². The van der Waals surface area contributed by atoms with Gasteiger partial charge in [0.2, 0.25) is 0 Å². The van der Waals surface area contributed by atoms with Crippen molar-refractivity contribution in [3.8, 4) is 0 Å². The molecule has 1 aliphatic carbocycles. The van der Waals surface area contributed by atoms with E-state index in [0.29, 0.717) is 0 Å². The Hall–Kier alpha value is -0.0400. The molecule has 0 aromatic rings. The lowest BCUT2D eigenvalue weighted by Gasteiger charge is -2.24. The second kappa shape index (κ2) is 4.45. The van der Waals surface area contributed by atoms with Crippen molar-refractivity contribution >= 4 is 0 Å². The SMILES string of the molecule is CN1CCCC2CCCCCC2C1. The molecule has 76 valence electrons. The molecule has 2 fully saturated rings. The third-order valence-corrected chi connectivity index (χ3v) is 3.98. The van der Waals surface area contributed by atoms with E-state index in [2.05, 4.69) is 11.9 Å². The van der Waals surface area contributed by atoms with Crippen LogP contribution in [0.5, 0.6) is 0 Å². The van der Waals surface area contributed by atoms with Crippen molar-refractivity contribution in [3.63, 3.8) is 0 Å². The maximum Gasteiger partial charge on any atom is 0.000925 e. The first-order chi connectivity index (χ1) is 6.36. The van der Waals surface area contributed by atoms with Crippen LogP contribution in [0.2, 0.25) is 0 Å². The Morgan fingerprint density at radius 3 is 2.38 bits per heavy atom. The minimum Gasteiger partial charge on any atom is -0.306 e. The molecule has 0 aromatic carbocycles. The zero-order valence-corrected chi connectivity index (χ0v) is 8.97. The van der Waals surface area contributed by atoms with Crippen LogP contribution in [0.1, 0.15) is 44.9 Å². The van der Waals surface area contributed by atoms with Crippen LogP contribution in [0, 0.1) is 11.8 Å². The van der Waals surface area contributed by atoms with Crippen LogP contribution in [0.25, 0.3) is 0 Å². The summed E-state index contributed by atoms with van der Waals surface area (Å²) in [7, 11) is 2.30. The Morgan fingerprint density at radius 2 is 1.54 bits per heavy atom. The summed E-state index contributed by atoms with van der Waals surface area (Å²) < 4.78 is 0. The van der Waals surface area contributed by atoms with E-state index in [1.54, 1.807) is 0 Å². The quantitative estimate of drug-likeness (QED) is 0.555. The van der Waals surface area contributed by atoms with Crippen molar-refractivity contribution in [1.82, 2.24) is 4.90 Å². The van der Waals surface area contributed by atoms with Crippen LogP contribution >= 0.6 is 0 Å². The third-order valence-electron chi connectivity index (χ3n) is 3.98. The highest BCUT2D eigenvalue weighted by molar-refractivity contribution is 4.79.